The van der Waals surface area contributed by atoms with Crippen LogP contribution in [0.25, 0.3) is 10.8 Å². The zero-order valence-corrected chi connectivity index (χ0v) is 15.4. The molecule has 4 rings (SSSR count). The molecule has 128 valence electrons. The van der Waals surface area contributed by atoms with Crippen LogP contribution in [0, 0.1) is 0 Å². The molecule has 2 nitrogen and oxygen atoms in total. The van der Waals surface area contributed by atoms with Crippen molar-refractivity contribution in [3.8, 4) is 11.5 Å². The maximum absolute atomic E-state index is 10.9. The predicted octanol–water partition coefficient (Wildman–Crippen LogP) is 6.55. The van der Waals surface area contributed by atoms with Crippen LogP contribution in [0.1, 0.15) is 0 Å². The number of phenolic OH excluding ortho intramolecular Hbond substituents is 2. The van der Waals surface area contributed by atoms with Gasteiger partial charge < -0.3 is 10.2 Å². The number of rotatable bonds is 4. The van der Waals surface area contributed by atoms with Gasteiger partial charge in [-0.25, -0.2) is 0 Å². The molecule has 0 bridgehead atoms. The lowest BCUT2D eigenvalue weighted by molar-refractivity contribution is 0.445. The minimum Gasteiger partial charge on any atom is -0.506 e. The molecule has 0 unspecified atom stereocenters. The Kier molecular flexibility index (Phi) is 4.78. The fourth-order valence-corrected chi connectivity index (χ4v) is 4.86. The van der Waals surface area contributed by atoms with E-state index in [1.165, 1.54) is 23.5 Å². The van der Waals surface area contributed by atoms with Crippen molar-refractivity contribution in [3.05, 3.63) is 84.9 Å². The van der Waals surface area contributed by atoms with Crippen LogP contribution in [0.2, 0.25) is 0 Å². The first-order chi connectivity index (χ1) is 12.7. The molecule has 4 aromatic rings. The van der Waals surface area contributed by atoms with Crippen molar-refractivity contribution in [2.75, 3.05) is 0 Å². The molecule has 0 spiro atoms. The minimum atomic E-state index is 0.200. The largest absolute Gasteiger partial charge is 0.506 e. The van der Waals surface area contributed by atoms with E-state index in [9.17, 15) is 10.2 Å². The van der Waals surface area contributed by atoms with Crippen LogP contribution in [0.15, 0.2) is 105 Å². The average molecular weight is 377 g/mol. The van der Waals surface area contributed by atoms with Crippen molar-refractivity contribution < 1.29 is 10.2 Å². The van der Waals surface area contributed by atoms with Gasteiger partial charge in [-0.3, -0.25) is 0 Å². The van der Waals surface area contributed by atoms with E-state index in [1.807, 2.05) is 84.9 Å². The van der Waals surface area contributed by atoms with Gasteiger partial charge in [-0.1, -0.05) is 84.2 Å². The average Bonchev–Trinajstić information content (AvgIpc) is 2.70. The topological polar surface area (TPSA) is 40.5 Å². The molecule has 4 heteroatoms. The Balaban J connectivity index is 1.91. The molecule has 0 aliphatic carbocycles. The molecule has 0 heterocycles. The molecule has 0 atom stereocenters. The molecule has 2 N–H and O–H groups in total. The zero-order valence-electron chi connectivity index (χ0n) is 13.8. The zero-order chi connectivity index (χ0) is 17.9. The van der Waals surface area contributed by atoms with E-state index in [4.69, 9.17) is 0 Å². The first-order valence-electron chi connectivity index (χ1n) is 8.16. The lowest BCUT2D eigenvalue weighted by Gasteiger charge is -2.16. The second-order valence-electron chi connectivity index (χ2n) is 5.73. The molecule has 0 saturated heterocycles. The van der Waals surface area contributed by atoms with E-state index in [-0.39, 0.29) is 11.5 Å². The van der Waals surface area contributed by atoms with Crippen LogP contribution in [0.5, 0.6) is 11.5 Å². The SMILES string of the molecule is Oc1c(Sc2ccccc2)c(Sc2ccccc2)c(O)c2ccccc12. The van der Waals surface area contributed by atoms with Gasteiger partial charge in [0.25, 0.3) is 0 Å². The van der Waals surface area contributed by atoms with Crippen molar-refractivity contribution in [1.82, 2.24) is 0 Å². The number of fused-ring (bicyclic) bond motifs is 1. The molecular weight excluding hydrogens is 360 g/mol. The monoisotopic (exact) mass is 376 g/mol. The Morgan fingerprint density at radius 1 is 0.462 bits per heavy atom. The Morgan fingerprint density at radius 2 is 0.808 bits per heavy atom. The Bertz CT molecular complexity index is 962. The standard InChI is InChI=1S/C22H16O2S2/c23-19-17-13-7-8-14-18(17)20(24)22(26-16-11-5-2-6-12-16)21(19)25-15-9-3-1-4-10-15/h1-14,23-24H. The molecule has 0 aliphatic heterocycles. The van der Waals surface area contributed by atoms with E-state index in [0.29, 0.717) is 20.6 Å². The predicted molar refractivity (Wildman–Crippen MR) is 108 cm³/mol. The fraction of sp³-hybridized carbons (Fsp3) is 0. The normalized spacial score (nSPS) is 10.9. The number of benzene rings is 4. The van der Waals surface area contributed by atoms with Gasteiger partial charge >= 0.3 is 0 Å². The quantitative estimate of drug-likeness (QED) is 0.396. The minimum absolute atomic E-state index is 0.200. The first kappa shape index (κ1) is 16.9. The van der Waals surface area contributed by atoms with E-state index in [1.54, 1.807) is 0 Å². The summed E-state index contributed by atoms with van der Waals surface area (Å²) in [6.07, 6.45) is 0. The number of hydrogen-bond donors (Lipinski definition) is 2. The van der Waals surface area contributed by atoms with Crippen LogP contribution in [-0.4, -0.2) is 10.2 Å². The summed E-state index contributed by atoms with van der Waals surface area (Å²) in [6.45, 7) is 0. The molecule has 0 fully saturated rings. The summed E-state index contributed by atoms with van der Waals surface area (Å²) in [5.41, 5.74) is 0. The summed E-state index contributed by atoms with van der Waals surface area (Å²) in [4.78, 5) is 3.35. The smallest absolute Gasteiger partial charge is 0.138 e. The lowest BCUT2D eigenvalue weighted by atomic mass is 10.1. The summed E-state index contributed by atoms with van der Waals surface area (Å²) in [5, 5.41) is 23.2. The molecule has 0 radical (unpaired) electrons. The Hall–Kier alpha value is -2.56. The third-order valence-electron chi connectivity index (χ3n) is 4.00. The summed E-state index contributed by atoms with van der Waals surface area (Å²) >= 11 is 2.92. The van der Waals surface area contributed by atoms with Gasteiger partial charge in [0.15, 0.2) is 0 Å². The van der Waals surface area contributed by atoms with Gasteiger partial charge in [-0.15, -0.1) is 0 Å². The van der Waals surface area contributed by atoms with E-state index >= 15 is 0 Å². The highest BCUT2D eigenvalue weighted by Crippen LogP contribution is 2.52. The van der Waals surface area contributed by atoms with Crippen LogP contribution in [-0.2, 0) is 0 Å². The third kappa shape index (κ3) is 3.26. The van der Waals surface area contributed by atoms with Crippen molar-refractivity contribution in [1.29, 1.82) is 0 Å². The van der Waals surface area contributed by atoms with Crippen molar-refractivity contribution >= 4 is 34.3 Å². The molecule has 0 aromatic heterocycles. The van der Waals surface area contributed by atoms with Gasteiger partial charge in [0.1, 0.15) is 11.5 Å². The summed E-state index contributed by atoms with van der Waals surface area (Å²) < 4.78 is 0. The van der Waals surface area contributed by atoms with E-state index in [2.05, 4.69) is 0 Å². The first-order valence-corrected chi connectivity index (χ1v) is 9.80. The summed E-state index contributed by atoms with van der Waals surface area (Å²) in [7, 11) is 0. The van der Waals surface area contributed by atoms with Crippen molar-refractivity contribution in [3.63, 3.8) is 0 Å². The second kappa shape index (κ2) is 7.36. The summed E-state index contributed by atoms with van der Waals surface area (Å²) in [5.74, 6) is 0.399. The molecule has 0 saturated carbocycles. The summed E-state index contributed by atoms with van der Waals surface area (Å²) in [6, 6.07) is 27.1. The van der Waals surface area contributed by atoms with Crippen molar-refractivity contribution in [2.45, 2.75) is 19.6 Å². The highest BCUT2D eigenvalue weighted by molar-refractivity contribution is 8.02. The van der Waals surface area contributed by atoms with Crippen LogP contribution in [0.4, 0.5) is 0 Å². The maximum Gasteiger partial charge on any atom is 0.138 e. The van der Waals surface area contributed by atoms with E-state index < -0.39 is 0 Å². The fourth-order valence-electron chi connectivity index (χ4n) is 2.76. The van der Waals surface area contributed by atoms with E-state index in [0.717, 1.165) is 9.79 Å². The molecular formula is C22H16O2S2. The van der Waals surface area contributed by atoms with Crippen LogP contribution in [0.3, 0.4) is 0 Å². The second-order valence-corrected chi connectivity index (χ2v) is 7.90. The van der Waals surface area contributed by atoms with Crippen molar-refractivity contribution in [2.24, 2.45) is 0 Å². The Morgan fingerprint density at radius 3 is 1.19 bits per heavy atom. The highest BCUT2D eigenvalue weighted by Gasteiger charge is 2.20. The third-order valence-corrected chi connectivity index (χ3v) is 6.35. The molecule has 0 aliphatic rings. The van der Waals surface area contributed by atoms with Gasteiger partial charge in [0.2, 0.25) is 0 Å². The molecule has 4 aromatic carbocycles. The van der Waals surface area contributed by atoms with Crippen LogP contribution >= 0.6 is 23.5 Å². The van der Waals surface area contributed by atoms with Gasteiger partial charge in [0.05, 0.1) is 9.79 Å². The number of phenols is 2. The molecule has 0 amide bonds. The van der Waals surface area contributed by atoms with Gasteiger partial charge in [-0.05, 0) is 24.3 Å². The number of aromatic hydroxyl groups is 2. The lowest BCUT2D eigenvalue weighted by Crippen LogP contribution is -1.87. The maximum atomic E-state index is 10.9. The van der Waals surface area contributed by atoms with Crippen LogP contribution < -0.4 is 0 Å². The number of hydrogen-bond acceptors (Lipinski definition) is 4. The van der Waals surface area contributed by atoms with Gasteiger partial charge in [-0.2, -0.15) is 0 Å². The highest BCUT2D eigenvalue weighted by atomic mass is 32.2. The van der Waals surface area contributed by atoms with Gasteiger partial charge in [0, 0.05) is 20.6 Å². The molecule has 26 heavy (non-hydrogen) atoms. The Labute approximate surface area is 160 Å².